The molecule has 2 heterocycles. The molecule has 1 saturated heterocycles. The third-order valence-corrected chi connectivity index (χ3v) is 5.35. The monoisotopic (exact) mass is 466 g/mol. The number of aromatic nitrogens is 3. The number of nitro groups is 1. The van der Waals surface area contributed by atoms with Crippen molar-refractivity contribution in [2.75, 3.05) is 28.7 Å². The van der Waals surface area contributed by atoms with Crippen molar-refractivity contribution in [1.82, 2.24) is 15.0 Å². The quantitative estimate of drug-likeness (QED) is 0.283. The number of benzene rings is 2. The van der Waals surface area contributed by atoms with Crippen molar-refractivity contribution in [1.29, 1.82) is 0 Å². The maximum atomic E-state index is 10.9. The minimum Gasteiger partial charge on any atom is -0.341 e. The van der Waals surface area contributed by atoms with Gasteiger partial charge in [-0.3, -0.25) is 10.1 Å². The van der Waals surface area contributed by atoms with Crippen molar-refractivity contribution in [2.24, 2.45) is 5.10 Å². The predicted molar refractivity (Wildman–Crippen MR) is 130 cm³/mol. The molecule has 1 aromatic heterocycles. The first-order valence-electron chi connectivity index (χ1n) is 10.6. The largest absolute Gasteiger partial charge is 0.341 e. The lowest BCUT2D eigenvalue weighted by molar-refractivity contribution is -0.384. The van der Waals surface area contributed by atoms with Gasteiger partial charge < -0.3 is 10.2 Å². The Balaban J connectivity index is 1.56. The number of nitrogens with one attached hydrogen (secondary N) is 2. The molecule has 0 amide bonds. The number of nitrogens with zero attached hydrogens (tertiary/aromatic N) is 6. The third-order valence-electron chi connectivity index (χ3n) is 5.09. The van der Waals surface area contributed by atoms with Crippen LogP contribution in [0.5, 0.6) is 0 Å². The van der Waals surface area contributed by atoms with E-state index in [4.69, 9.17) is 11.6 Å². The van der Waals surface area contributed by atoms with Gasteiger partial charge in [0, 0.05) is 35.9 Å². The summed E-state index contributed by atoms with van der Waals surface area (Å²) in [6, 6.07) is 13.4. The molecule has 3 aromatic rings. The molecule has 0 aliphatic carbocycles. The van der Waals surface area contributed by atoms with Gasteiger partial charge in [-0.05, 0) is 42.7 Å². The van der Waals surface area contributed by atoms with E-state index in [1.165, 1.54) is 25.0 Å². The average molecular weight is 467 g/mol. The van der Waals surface area contributed by atoms with Crippen molar-refractivity contribution in [3.05, 3.63) is 69.2 Å². The molecule has 0 saturated carbocycles. The highest BCUT2D eigenvalue weighted by atomic mass is 35.5. The zero-order valence-electron chi connectivity index (χ0n) is 17.8. The number of non-ortho nitro benzene ring substituents is 1. The molecule has 0 bridgehead atoms. The Bertz CT molecular complexity index is 1110. The Morgan fingerprint density at radius 2 is 1.61 bits per heavy atom. The summed E-state index contributed by atoms with van der Waals surface area (Å²) in [5, 5.41) is 18.9. The van der Waals surface area contributed by atoms with E-state index in [0.29, 0.717) is 28.6 Å². The molecule has 170 valence electrons. The maximum absolute atomic E-state index is 10.9. The molecule has 10 nitrogen and oxygen atoms in total. The van der Waals surface area contributed by atoms with Gasteiger partial charge in [0.15, 0.2) is 0 Å². The molecular weight excluding hydrogens is 444 g/mol. The van der Waals surface area contributed by atoms with Crippen LogP contribution in [-0.2, 0) is 0 Å². The first-order valence-corrected chi connectivity index (χ1v) is 11.0. The topological polar surface area (TPSA) is 121 Å². The van der Waals surface area contributed by atoms with Crippen molar-refractivity contribution >= 4 is 47.0 Å². The van der Waals surface area contributed by atoms with Crippen molar-refractivity contribution in [3.8, 4) is 0 Å². The van der Waals surface area contributed by atoms with Crippen LogP contribution in [0.2, 0.25) is 5.02 Å². The lowest BCUT2D eigenvalue weighted by Crippen LogP contribution is -2.26. The zero-order chi connectivity index (χ0) is 23.0. The van der Waals surface area contributed by atoms with E-state index in [1.807, 2.05) is 12.1 Å². The molecule has 2 N–H and O–H groups in total. The average Bonchev–Trinajstić information content (AvgIpc) is 3.10. The normalized spacial score (nSPS) is 14.2. The van der Waals surface area contributed by atoms with Crippen LogP contribution in [0.15, 0.2) is 53.6 Å². The van der Waals surface area contributed by atoms with Gasteiger partial charge in [-0.15, -0.1) is 0 Å². The molecule has 0 radical (unpaired) electrons. The van der Waals surface area contributed by atoms with Crippen LogP contribution in [0, 0.1) is 10.1 Å². The standard InChI is InChI=1S/C22H23ClN8O2/c23-17-7-5-16(6-8-17)15-24-29-21-26-20(25-18-9-11-19(12-10-18)31(32)33)27-22(28-21)30-13-3-1-2-4-14-30/h5-12,15H,1-4,13-14H2,(H2,25,26,27,28,29)/b24-15-. The van der Waals surface area contributed by atoms with Gasteiger partial charge in [0.25, 0.3) is 5.69 Å². The fourth-order valence-electron chi connectivity index (χ4n) is 3.39. The van der Waals surface area contributed by atoms with Crippen LogP contribution in [0.4, 0.5) is 29.2 Å². The highest BCUT2D eigenvalue weighted by Crippen LogP contribution is 2.22. The number of halogens is 1. The molecule has 1 aliphatic heterocycles. The van der Waals surface area contributed by atoms with Gasteiger partial charge in [0.1, 0.15) is 0 Å². The van der Waals surface area contributed by atoms with E-state index in [0.717, 1.165) is 31.5 Å². The predicted octanol–water partition coefficient (Wildman–Crippen LogP) is 5.00. The lowest BCUT2D eigenvalue weighted by Gasteiger charge is -2.21. The van der Waals surface area contributed by atoms with Crippen LogP contribution in [0.3, 0.4) is 0 Å². The van der Waals surface area contributed by atoms with Gasteiger partial charge in [-0.1, -0.05) is 36.6 Å². The molecular formula is C22H23ClN8O2. The Morgan fingerprint density at radius 3 is 2.27 bits per heavy atom. The second-order valence-corrected chi connectivity index (χ2v) is 7.97. The molecule has 33 heavy (non-hydrogen) atoms. The summed E-state index contributed by atoms with van der Waals surface area (Å²) < 4.78 is 0. The molecule has 4 rings (SSSR count). The van der Waals surface area contributed by atoms with Gasteiger partial charge >= 0.3 is 0 Å². The summed E-state index contributed by atoms with van der Waals surface area (Å²) in [5.74, 6) is 1.17. The summed E-state index contributed by atoms with van der Waals surface area (Å²) in [7, 11) is 0. The summed E-state index contributed by atoms with van der Waals surface area (Å²) in [4.78, 5) is 26.1. The van der Waals surface area contributed by atoms with E-state index < -0.39 is 4.92 Å². The van der Waals surface area contributed by atoms with Crippen molar-refractivity contribution in [3.63, 3.8) is 0 Å². The number of rotatable bonds is 7. The summed E-state index contributed by atoms with van der Waals surface area (Å²) in [6.45, 7) is 1.74. The van der Waals surface area contributed by atoms with Gasteiger partial charge in [0.05, 0.1) is 11.1 Å². The Morgan fingerprint density at radius 1 is 0.939 bits per heavy atom. The van der Waals surface area contributed by atoms with Crippen LogP contribution in [-0.4, -0.2) is 39.2 Å². The number of hydrazone groups is 1. The summed E-state index contributed by atoms with van der Waals surface area (Å²) in [5.41, 5.74) is 4.39. The second-order valence-electron chi connectivity index (χ2n) is 7.53. The minimum absolute atomic E-state index is 0.0142. The van der Waals surface area contributed by atoms with Crippen molar-refractivity contribution < 1.29 is 4.92 Å². The Hall–Kier alpha value is -3.79. The first-order chi connectivity index (χ1) is 16.1. The van der Waals surface area contributed by atoms with Crippen molar-refractivity contribution in [2.45, 2.75) is 25.7 Å². The van der Waals surface area contributed by atoms with Crippen LogP contribution >= 0.6 is 11.6 Å². The highest BCUT2D eigenvalue weighted by Gasteiger charge is 2.16. The smallest absolute Gasteiger partial charge is 0.269 e. The fraction of sp³-hybridized carbons (Fsp3) is 0.273. The summed E-state index contributed by atoms with van der Waals surface area (Å²) in [6.07, 6.45) is 6.18. The van der Waals surface area contributed by atoms with Crippen LogP contribution < -0.4 is 15.6 Å². The first kappa shape index (κ1) is 22.4. The molecule has 1 aliphatic rings. The van der Waals surface area contributed by atoms with E-state index in [-0.39, 0.29) is 5.69 Å². The molecule has 11 heteroatoms. The zero-order valence-corrected chi connectivity index (χ0v) is 18.6. The molecule has 0 atom stereocenters. The van der Waals surface area contributed by atoms with E-state index in [1.54, 1.807) is 30.5 Å². The van der Waals surface area contributed by atoms with E-state index in [2.05, 4.69) is 35.7 Å². The van der Waals surface area contributed by atoms with Gasteiger partial charge in [0.2, 0.25) is 17.8 Å². The fourth-order valence-corrected chi connectivity index (χ4v) is 3.52. The van der Waals surface area contributed by atoms with Crippen LogP contribution in [0.25, 0.3) is 0 Å². The molecule has 0 spiro atoms. The van der Waals surface area contributed by atoms with E-state index >= 15 is 0 Å². The number of hydrogen-bond donors (Lipinski definition) is 2. The molecule has 2 aromatic carbocycles. The highest BCUT2D eigenvalue weighted by molar-refractivity contribution is 6.30. The lowest BCUT2D eigenvalue weighted by atomic mass is 10.2. The minimum atomic E-state index is -0.440. The Kier molecular flexibility index (Phi) is 7.26. The van der Waals surface area contributed by atoms with E-state index in [9.17, 15) is 10.1 Å². The third kappa shape index (κ3) is 6.36. The number of hydrogen-bond acceptors (Lipinski definition) is 9. The van der Waals surface area contributed by atoms with Gasteiger partial charge in [-0.2, -0.15) is 20.1 Å². The molecule has 1 fully saturated rings. The number of anilines is 4. The second kappa shape index (κ2) is 10.7. The number of nitro benzene ring substituents is 1. The van der Waals surface area contributed by atoms with Crippen LogP contribution in [0.1, 0.15) is 31.2 Å². The molecule has 0 unspecified atom stereocenters. The summed E-state index contributed by atoms with van der Waals surface area (Å²) >= 11 is 5.92. The SMILES string of the molecule is O=[N+]([O-])c1ccc(Nc2nc(N/N=C\c3ccc(Cl)cc3)nc(N3CCCCCC3)n2)cc1. The maximum Gasteiger partial charge on any atom is 0.269 e. The van der Waals surface area contributed by atoms with Gasteiger partial charge in [-0.25, -0.2) is 5.43 Å². The Labute approximate surface area is 195 Å².